The smallest absolute Gasteiger partial charge is 0.379 e. The van der Waals surface area contributed by atoms with Crippen LogP contribution in [0.1, 0.15) is 36.8 Å². The van der Waals surface area contributed by atoms with Crippen molar-refractivity contribution in [2.45, 2.75) is 42.5 Å². The predicted octanol–water partition coefficient (Wildman–Crippen LogP) is 5.20. The molecule has 1 atom stereocenters. The van der Waals surface area contributed by atoms with Gasteiger partial charge in [0, 0.05) is 21.4 Å². The lowest BCUT2D eigenvalue weighted by Gasteiger charge is -2.42. The van der Waals surface area contributed by atoms with E-state index in [1.807, 2.05) is 23.9 Å². The van der Waals surface area contributed by atoms with Crippen LogP contribution in [0.25, 0.3) is 0 Å². The zero-order chi connectivity index (χ0) is 21.9. The zero-order valence-corrected chi connectivity index (χ0v) is 19.3. The normalized spacial score (nSPS) is 15.5. The number of rotatable bonds is 14. The summed E-state index contributed by atoms with van der Waals surface area (Å²) in [4.78, 5) is 9.83. The standard InChI is InChI=1S/C23H29FNO4PS/c24-21-8-6-20(7-9-21)23(17-28-18-23)12-1-2-15-31-22-10-4-19(5-11-22)16-25-13-3-14-29-30(26)27/h4-11,25H,1-3,12-18H2/p+1. The van der Waals surface area contributed by atoms with Crippen LogP contribution in [0.4, 0.5) is 4.39 Å². The molecule has 1 unspecified atom stereocenters. The van der Waals surface area contributed by atoms with Gasteiger partial charge in [-0.2, -0.15) is 0 Å². The van der Waals surface area contributed by atoms with E-state index in [1.165, 1.54) is 16.0 Å². The largest absolute Gasteiger partial charge is 0.694 e. The second-order valence-electron chi connectivity index (χ2n) is 7.83. The van der Waals surface area contributed by atoms with E-state index in [9.17, 15) is 8.96 Å². The van der Waals surface area contributed by atoms with Gasteiger partial charge in [0.25, 0.3) is 0 Å². The van der Waals surface area contributed by atoms with Gasteiger partial charge < -0.3 is 10.1 Å². The Morgan fingerprint density at radius 1 is 1.10 bits per heavy atom. The first-order chi connectivity index (χ1) is 15.1. The SMILES string of the molecule is O=[P+](O)OCCCNCc1ccc(SCCCCC2(c3ccc(F)cc3)COC2)cc1. The summed E-state index contributed by atoms with van der Waals surface area (Å²) in [6.07, 6.45) is 4.04. The highest BCUT2D eigenvalue weighted by atomic mass is 32.2. The second-order valence-corrected chi connectivity index (χ2v) is 9.73. The van der Waals surface area contributed by atoms with Crippen LogP contribution in [0.2, 0.25) is 0 Å². The van der Waals surface area contributed by atoms with E-state index in [4.69, 9.17) is 9.63 Å². The summed E-state index contributed by atoms with van der Waals surface area (Å²) in [6, 6.07) is 15.4. The predicted molar refractivity (Wildman–Crippen MR) is 122 cm³/mol. The Hall–Kier alpha value is -1.34. The summed E-state index contributed by atoms with van der Waals surface area (Å²) in [7, 11) is -2.49. The van der Waals surface area contributed by atoms with E-state index >= 15 is 0 Å². The molecular weight excluding hydrogens is 436 g/mol. The van der Waals surface area contributed by atoms with Crippen LogP contribution in [0.15, 0.2) is 53.4 Å². The van der Waals surface area contributed by atoms with Crippen LogP contribution in [-0.2, 0) is 25.8 Å². The highest BCUT2D eigenvalue weighted by Crippen LogP contribution is 2.37. The Morgan fingerprint density at radius 3 is 2.48 bits per heavy atom. The molecule has 0 amide bonds. The average molecular weight is 467 g/mol. The molecule has 31 heavy (non-hydrogen) atoms. The van der Waals surface area contributed by atoms with Crippen LogP contribution in [-0.4, -0.2) is 37.0 Å². The van der Waals surface area contributed by atoms with E-state index in [-0.39, 0.29) is 17.8 Å². The highest BCUT2D eigenvalue weighted by molar-refractivity contribution is 7.99. The molecule has 2 aromatic rings. The van der Waals surface area contributed by atoms with Crippen molar-refractivity contribution in [3.63, 3.8) is 0 Å². The van der Waals surface area contributed by atoms with Crippen molar-refractivity contribution in [2.75, 3.05) is 32.1 Å². The second kappa shape index (κ2) is 12.6. The van der Waals surface area contributed by atoms with Crippen molar-refractivity contribution in [3.8, 4) is 0 Å². The van der Waals surface area contributed by atoms with Gasteiger partial charge in [-0.1, -0.05) is 30.7 Å². The topological polar surface area (TPSA) is 67.8 Å². The molecule has 2 N–H and O–H groups in total. The maximum absolute atomic E-state index is 13.2. The summed E-state index contributed by atoms with van der Waals surface area (Å²) in [5.41, 5.74) is 2.47. The fraction of sp³-hybridized carbons (Fsp3) is 0.478. The number of halogens is 1. The van der Waals surface area contributed by atoms with Crippen LogP contribution in [0.5, 0.6) is 0 Å². The van der Waals surface area contributed by atoms with Crippen molar-refractivity contribution in [1.82, 2.24) is 5.32 Å². The molecule has 0 saturated carbocycles. The van der Waals surface area contributed by atoms with E-state index in [2.05, 4.69) is 34.1 Å². The summed E-state index contributed by atoms with van der Waals surface area (Å²) < 4.78 is 33.7. The van der Waals surface area contributed by atoms with Crippen molar-refractivity contribution in [3.05, 3.63) is 65.5 Å². The molecule has 1 aliphatic heterocycles. The number of hydrogen-bond donors (Lipinski definition) is 2. The molecule has 5 nitrogen and oxygen atoms in total. The van der Waals surface area contributed by atoms with Crippen molar-refractivity contribution >= 4 is 20.0 Å². The van der Waals surface area contributed by atoms with Gasteiger partial charge in [0.15, 0.2) is 0 Å². The van der Waals surface area contributed by atoms with Gasteiger partial charge >= 0.3 is 8.25 Å². The molecule has 1 saturated heterocycles. The quantitative estimate of drug-likeness (QED) is 0.227. The Balaban J connectivity index is 1.30. The molecule has 3 rings (SSSR count). The van der Waals surface area contributed by atoms with Gasteiger partial charge in [-0.15, -0.1) is 21.2 Å². The highest BCUT2D eigenvalue weighted by Gasteiger charge is 2.39. The first-order valence-corrected chi connectivity index (χ1v) is 12.7. The van der Waals surface area contributed by atoms with Gasteiger partial charge in [-0.05, 0) is 67.0 Å². The third-order valence-corrected chi connectivity index (χ3v) is 6.99. The molecule has 2 aromatic carbocycles. The van der Waals surface area contributed by atoms with Crippen molar-refractivity contribution in [2.24, 2.45) is 0 Å². The molecule has 0 aromatic heterocycles. The molecular formula is C23H30FNO4PS+. The van der Waals surface area contributed by atoms with Gasteiger partial charge in [-0.3, -0.25) is 0 Å². The Morgan fingerprint density at radius 2 is 1.84 bits per heavy atom. The van der Waals surface area contributed by atoms with Crippen molar-refractivity contribution in [1.29, 1.82) is 0 Å². The Labute approximate surface area is 188 Å². The molecule has 0 aliphatic carbocycles. The minimum atomic E-state index is -2.49. The van der Waals surface area contributed by atoms with Crippen LogP contribution in [0.3, 0.4) is 0 Å². The minimum Gasteiger partial charge on any atom is -0.379 e. The lowest BCUT2D eigenvalue weighted by molar-refractivity contribution is -0.0652. The molecule has 1 fully saturated rings. The van der Waals surface area contributed by atoms with E-state index in [0.717, 1.165) is 51.3 Å². The zero-order valence-electron chi connectivity index (χ0n) is 17.6. The number of unbranched alkanes of at least 4 members (excludes halogenated alkanes) is 1. The number of nitrogens with one attached hydrogen (secondary N) is 1. The summed E-state index contributed by atoms with van der Waals surface area (Å²) in [5, 5.41) is 3.30. The van der Waals surface area contributed by atoms with Gasteiger partial charge in [0.1, 0.15) is 12.4 Å². The third-order valence-electron chi connectivity index (χ3n) is 5.48. The van der Waals surface area contributed by atoms with Gasteiger partial charge in [-0.25, -0.2) is 4.39 Å². The van der Waals surface area contributed by atoms with Gasteiger partial charge in [0.05, 0.1) is 13.2 Å². The molecule has 0 radical (unpaired) electrons. The molecule has 1 heterocycles. The number of benzene rings is 2. The van der Waals surface area contributed by atoms with E-state index < -0.39 is 8.25 Å². The van der Waals surface area contributed by atoms with Crippen molar-refractivity contribution < 1.29 is 23.1 Å². The van der Waals surface area contributed by atoms with Crippen LogP contribution < -0.4 is 5.32 Å². The van der Waals surface area contributed by atoms with Gasteiger partial charge in [0.2, 0.25) is 0 Å². The maximum atomic E-state index is 13.2. The first kappa shape index (κ1) is 24.3. The van der Waals surface area contributed by atoms with Crippen LogP contribution in [0, 0.1) is 5.82 Å². The monoisotopic (exact) mass is 466 g/mol. The lowest BCUT2D eigenvalue weighted by Crippen LogP contribution is -2.46. The Bertz CT molecular complexity index is 815. The lowest BCUT2D eigenvalue weighted by atomic mass is 9.75. The summed E-state index contributed by atoms with van der Waals surface area (Å²) >= 11 is 1.87. The fourth-order valence-electron chi connectivity index (χ4n) is 3.64. The number of hydrogen-bond acceptors (Lipinski definition) is 5. The van der Waals surface area contributed by atoms with E-state index in [1.54, 1.807) is 12.1 Å². The molecule has 1 aliphatic rings. The summed E-state index contributed by atoms with van der Waals surface area (Å²) in [5.74, 6) is 0.884. The molecule has 0 bridgehead atoms. The first-order valence-electron chi connectivity index (χ1n) is 10.6. The average Bonchev–Trinajstić information content (AvgIpc) is 2.73. The molecule has 8 heteroatoms. The number of thioether (sulfide) groups is 1. The minimum absolute atomic E-state index is 0.0643. The van der Waals surface area contributed by atoms with E-state index in [0.29, 0.717) is 6.42 Å². The molecule has 0 spiro atoms. The third kappa shape index (κ3) is 7.94. The summed E-state index contributed by atoms with van der Waals surface area (Å²) in [6.45, 7) is 3.26. The fourth-order valence-corrected chi connectivity index (χ4v) is 4.84. The molecule has 168 valence electrons. The Kier molecular flexibility index (Phi) is 9.91. The maximum Gasteiger partial charge on any atom is 0.694 e. The number of ether oxygens (including phenoxy) is 1. The van der Waals surface area contributed by atoms with Crippen LogP contribution >= 0.6 is 20.0 Å².